The summed E-state index contributed by atoms with van der Waals surface area (Å²) in [5.41, 5.74) is 4.35. The zero-order chi connectivity index (χ0) is 11.1. The molecule has 0 saturated carbocycles. The Balaban J connectivity index is 0.00000108. The minimum absolute atomic E-state index is 0. The minimum Gasteiger partial charge on any atom is -0.339 e. The van der Waals surface area contributed by atoms with Crippen molar-refractivity contribution in [1.82, 2.24) is 9.88 Å². The van der Waals surface area contributed by atoms with Crippen LogP contribution in [0.5, 0.6) is 0 Å². The molecule has 0 saturated heterocycles. The van der Waals surface area contributed by atoms with E-state index in [1.54, 1.807) is 0 Å². The third kappa shape index (κ3) is 1.95. The van der Waals surface area contributed by atoms with E-state index in [9.17, 15) is 0 Å². The molecule has 1 aromatic heterocycles. The van der Waals surface area contributed by atoms with Gasteiger partial charge in [0.15, 0.2) is 0 Å². The van der Waals surface area contributed by atoms with Crippen molar-refractivity contribution >= 4 is 29.8 Å². The number of benzene rings is 1. The first-order valence-electron chi connectivity index (χ1n) is 6.13. The Morgan fingerprint density at radius 2 is 2.24 bits per heavy atom. The van der Waals surface area contributed by atoms with Crippen LogP contribution in [0.15, 0.2) is 24.3 Å². The van der Waals surface area contributed by atoms with Crippen LogP contribution in [-0.2, 0) is 13.0 Å². The normalized spacial score (nSPS) is 18.8. The molecule has 2 heterocycles. The van der Waals surface area contributed by atoms with Gasteiger partial charge in [0.2, 0.25) is 0 Å². The number of nitrogens with zero attached hydrogens (tertiary/aromatic N) is 1. The molecule has 0 amide bonds. The van der Waals surface area contributed by atoms with Gasteiger partial charge in [-0.2, -0.15) is 0 Å². The molecule has 0 aliphatic carbocycles. The molecule has 1 aromatic carbocycles. The fourth-order valence-electron chi connectivity index (χ4n) is 2.84. The van der Waals surface area contributed by atoms with E-state index in [0.717, 1.165) is 19.5 Å². The molecule has 85 valence electrons. The standard InChI is InChI=1S/C14H18N2.Li/c1-3-11-5-4-6-12-7-13-9-15-8-10(2)16(13)14(11)12;/h4-7,10,15H,3,8-9H2,1-2H3;/t10-;/m1./s1. The van der Waals surface area contributed by atoms with Crippen LogP contribution in [0.1, 0.15) is 31.1 Å². The second-order valence-electron chi connectivity index (χ2n) is 4.69. The summed E-state index contributed by atoms with van der Waals surface area (Å²) in [4.78, 5) is 0. The molecule has 0 spiro atoms. The van der Waals surface area contributed by atoms with E-state index in [-0.39, 0.29) is 18.9 Å². The van der Waals surface area contributed by atoms with Crippen molar-refractivity contribution in [2.45, 2.75) is 32.9 Å². The predicted octanol–water partition coefficient (Wildman–Crippen LogP) is 2.49. The quantitative estimate of drug-likeness (QED) is 0.732. The Kier molecular flexibility index (Phi) is 3.68. The van der Waals surface area contributed by atoms with E-state index < -0.39 is 0 Å². The van der Waals surface area contributed by atoms with Crippen LogP contribution in [-0.4, -0.2) is 30.0 Å². The molecule has 2 nitrogen and oxygen atoms in total. The van der Waals surface area contributed by atoms with Gasteiger partial charge in [0.1, 0.15) is 0 Å². The van der Waals surface area contributed by atoms with Crippen LogP contribution in [0.4, 0.5) is 0 Å². The first kappa shape index (κ1) is 12.8. The van der Waals surface area contributed by atoms with Crippen LogP contribution < -0.4 is 5.32 Å². The molecule has 1 aliphatic rings. The summed E-state index contributed by atoms with van der Waals surface area (Å²) in [5, 5.41) is 4.86. The number of hydrogen-bond acceptors (Lipinski definition) is 1. The molecular weight excluding hydrogens is 203 g/mol. The molecular formula is C14H18LiN2. The average Bonchev–Trinajstić information content (AvgIpc) is 2.68. The maximum atomic E-state index is 3.47. The molecule has 1 radical (unpaired) electrons. The Bertz CT molecular complexity index is 530. The molecule has 3 heteroatoms. The van der Waals surface area contributed by atoms with Gasteiger partial charge in [-0.05, 0) is 25.0 Å². The van der Waals surface area contributed by atoms with Gasteiger partial charge in [0.05, 0.1) is 5.52 Å². The van der Waals surface area contributed by atoms with E-state index in [4.69, 9.17) is 0 Å². The van der Waals surface area contributed by atoms with E-state index >= 15 is 0 Å². The fraction of sp³-hybridized carbons (Fsp3) is 0.429. The monoisotopic (exact) mass is 221 g/mol. The average molecular weight is 221 g/mol. The number of aromatic nitrogens is 1. The predicted molar refractivity (Wildman–Crippen MR) is 73.5 cm³/mol. The molecule has 1 aliphatic heterocycles. The first-order chi connectivity index (χ1) is 7.81. The number of para-hydroxylation sites is 1. The van der Waals surface area contributed by atoms with Gasteiger partial charge in [-0.25, -0.2) is 0 Å². The molecule has 3 rings (SSSR count). The van der Waals surface area contributed by atoms with E-state index in [1.807, 2.05) is 0 Å². The molecule has 2 aromatic rings. The minimum atomic E-state index is 0. The van der Waals surface area contributed by atoms with Crippen LogP contribution >= 0.6 is 0 Å². The molecule has 1 atom stereocenters. The molecule has 0 unspecified atom stereocenters. The maximum absolute atomic E-state index is 3.47. The van der Waals surface area contributed by atoms with E-state index in [1.165, 1.54) is 22.2 Å². The maximum Gasteiger partial charge on any atom is 0.0518 e. The summed E-state index contributed by atoms with van der Waals surface area (Å²) in [6.07, 6.45) is 1.11. The summed E-state index contributed by atoms with van der Waals surface area (Å²) in [5.74, 6) is 0. The van der Waals surface area contributed by atoms with Crippen molar-refractivity contribution < 1.29 is 0 Å². The first-order valence-corrected chi connectivity index (χ1v) is 6.13. The van der Waals surface area contributed by atoms with Gasteiger partial charge < -0.3 is 9.88 Å². The Morgan fingerprint density at radius 1 is 1.41 bits per heavy atom. The van der Waals surface area contributed by atoms with Crippen LogP contribution in [0.25, 0.3) is 10.9 Å². The third-order valence-corrected chi connectivity index (χ3v) is 3.59. The van der Waals surface area contributed by atoms with Gasteiger partial charge >= 0.3 is 0 Å². The Morgan fingerprint density at radius 3 is 3.00 bits per heavy atom. The summed E-state index contributed by atoms with van der Waals surface area (Å²) >= 11 is 0. The second-order valence-corrected chi connectivity index (χ2v) is 4.69. The summed E-state index contributed by atoms with van der Waals surface area (Å²) < 4.78 is 2.52. The van der Waals surface area contributed by atoms with Gasteiger partial charge in [-0.3, -0.25) is 0 Å². The zero-order valence-corrected chi connectivity index (χ0v) is 11.0. The van der Waals surface area contributed by atoms with E-state index in [0.29, 0.717) is 6.04 Å². The largest absolute Gasteiger partial charge is 0.339 e. The van der Waals surface area contributed by atoms with Crippen molar-refractivity contribution in [1.29, 1.82) is 0 Å². The van der Waals surface area contributed by atoms with Crippen molar-refractivity contribution in [3.05, 3.63) is 35.5 Å². The van der Waals surface area contributed by atoms with Crippen LogP contribution in [0.3, 0.4) is 0 Å². The van der Waals surface area contributed by atoms with Crippen molar-refractivity contribution in [2.75, 3.05) is 6.54 Å². The van der Waals surface area contributed by atoms with E-state index in [2.05, 4.69) is 48.0 Å². The second kappa shape index (κ2) is 4.90. The summed E-state index contributed by atoms with van der Waals surface area (Å²) in [6.45, 7) is 6.61. The third-order valence-electron chi connectivity index (χ3n) is 3.59. The van der Waals surface area contributed by atoms with Crippen LogP contribution in [0, 0.1) is 0 Å². The number of hydrogen-bond donors (Lipinski definition) is 1. The summed E-state index contributed by atoms with van der Waals surface area (Å²) in [7, 11) is 0. The van der Waals surface area contributed by atoms with Gasteiger partial charge in [0.25, 0.3) is 0 Å². The van der Waals surface area contributed by atoms with Gasteiger partial charge in [0, 0.05) is 49.1 Å². The Labute approximate surface area is 115 Å². The molecule has 17 heavy (non-hydrogen) atoms. The fourth-order valence-corrected chi connectivity index (χ4v) is 2.84. The Hall–Kier alpha value is -0.683. The SMILES string of the molecule is CCc1cccc2cc3n(c12)[C@H](C)CNC3.[Li]. The molecule has 1 N–H and O–H groups in total. The van der Waals surface area contributed by atoms with Crippen molar-refractivity contribution in [3.63, 3.8) is 0 Å². The van der Waals surface area contributed by atoms with Crippen LogP contribution in [0.2, 0.25) is 0 Å². The zero-order valence-electron chi connectivity index (χ0n) is 11.0. The molecule has 0 bridgehead atoms. The number of fused-ring (bicyclic) bond motifs is 3. The topological polar surface area (TPSA) is 17.0 Å². The van der Waals surface area contributed by atoms with Gasteiger partial charge in [-0.15, -0.1) is 0 Å². The number of nitrogens with one attached hydrogen (secondary N) is 1. The number of aryl methyl sites for hydroxylation is 1. The summed E-state index contributed by atoms with van der Waals surface area (Å²) in [6, 6.07) is 9.55. The van der Waals surface area contributed by atoms with Gasteiger partial charge in [-0.1, -0.05) is 25.1 Å². The smallest absolute Gasteiger partial charge is 0.0518 e. The van der Waals surface area contributed by atoms with Crippen molar-refractivity contribution in [2.24, 2.45) is 0 Å². The van der Waals surface area contributed by atoms with Crippen molar-refractivity contribution in [3.8, 4) is 0 Å². The number of rotatable bonds is 1. The molecule has 0 fully saturated rings.